The zero-order chi connectivity index (χ0) is 24.0. The molecule has 33 heavy (non-hydrogen) atoms. The molecule has 1 unspecified atom stereocenters. The minimum absolute atomic E-state index is 0.135. The molecule has 1 fully saturated rings. The number of ether oxygens (including phenoxy) is 1. The van der Waals surface area contributed by atoms with Crippen molar-refractivity contribution in [3.05, 3.63) is 47.2 Å². The van der Waals surface area contributed by atoms with Gasteiger partial charge in [0, 0.05) is 31.2 Å². The summed E-state index contributed by atoms with van der Waals surface area (Å²) in [6.07, 6.45) is 3.58. The first kappa shape index (κ1) is 24.6. The number of rotatable bonds is 5. The molecule has 178 valence electrons. The van der Waals surface area contributed by atoms with Crippen LogP contribution in [0, 0.1) is 0 Å². The van der Waals surface area contributed by atoms with Crippen LogP contribution in [-0.2, 0) is 4.74 Å². The topological polar surface area (TPSA) is 99.7 Å². The molecule has 1 atom stereocenters. The number of halogens is 1. The summed E-state index contributed by atoms with van der Waals surface area (Å²) in [6.45, 7) is 9.83. The lowest BCUT2D eigenvalue weighted by molar-refractivity contribution is 0.0240. The van der Waals surface area contributed by atoms with E-state index in [1.165, 1.54) is 0 Å². The predicted molar refractivity (Wildman–Crippen MR) is 129 cm³/mol. The molecular weight excluding hydrogens is 444 g/mol. The van der Waals surface area contributed by atoms with Gasteiger partial charge in [-0.25, -0.2) is 19.6 Å². The molecule has 1 aromatic carbocycles. The van der Waals surface area contributed by atoms with Gasteiger partial charge in [-0.2, -0.15) is 0 Å². The molecule has 1 aliphatic heterocycles. The second kappa shape index (κ2) is 10.7. The van der Waals surface area contributed by atoms with Crippen LogP contribution in [0.25, 0.3) is 0 Å². The van der Waals surface area contributed by atoms with Crippen LogP contribution >= 0.6 is 11.6 Å². The molecule has 0 radical (unpaired) electrons. The molecule has 0 saturated carbocycles. The minimum Gasteiger partial charge on any atom is -0.444 e. The molecule has 9 nitrogen and oxygen atoms in total. The number of carbonyl (C=O) groups is 2. The second-order valence-corrected chi connectivity index (χ2v) is 9.27. The Morgan fingerprint density at radius 2 is 1.70 bits per heavy atom. The summed E-state index contributed by atoms with van der Waals surface area (Å²) in [7, 11) is 0. The van der Waals surface area contributed by atoms with E-state index < -0.39 is 5.60 Å². The number of piperazine rings is 1. The van der Waals surface area contributed by atoms with Gasteiger partial charge in [-0.05, 0) is 44.9 Å². The SMILES string of the molecule is CCC(NC(=O)Nc1cnc(N2CCN(C(=O)OC(C)(C)C)CC2)nc1)c1ccc(Cl)cc1. The van der Waals surface area contributed by atoms with Crippen molar-refractivity contribution in [3.8, 4) is 0 Å². The molecule has 2 aromatic rings. The zero-order valence-corrected chi connectivity index (χ0v) is 20.2. The quantitative estimate of drug-likeness (QED) is 0.663. The molecule has 3 rings (SSSR count). The fourth-order valence-corrected chi connectivity index (χ4v) is 3.53. The molecule has 3 amide bonds. The Labute approximate surface area is 199 Å². The zero-order valence-electron chi connectivity index (χ0n) is 19.5. The highest BCUT2D eigenvalue weighted by Crippen LogP contribution is 2.20. The highest BCUT2D eigenvalue weighted by Gasteiger charge is 2.26. The van der Waals surface area contributed by atoms with Crippen LogP contribution in [0.3, 0.4) is 0 Å². The number of amides is 3. The van der Waals surface area contributed by atoms with Crippen molar-refractivity contribution >= 4 is 35.4 Å². The molecular formula is C23H31ClN6O3. The van der Waals surface area contributed by atoms with Gasteiger partial charge in [0.1, 0.15) is 5.60 Å². The first-order chi connectivity index (χ1) is 15.6. The van der Waals surface area contributed by atoms with E-state index in [4.69, 9.17) is 16.3 Å². The van der Waals surface area contributed by atoms with Gasteiger partial charge in [-0.15, -0.1) is 0 Å². The highest BCUT2D eigenvalue weighted by molar-refractivity contribution is 6.30. The maximum Gasteiger partial charge on any atom is 0.410 e. The van der Waals surface area contributed by atoms with E-state index >= 15 is 0 Å². The number of anilines is 2. The van der Waals surface area contributed by atoms with Crippen molar-refractivity contribution in [2.45, 2.75) is 45.8 Å². The summed E-state index contributed by atoms with van der Waals surface area (Å²) in [4.78, 5) is 37.1. The van der Waals surface area contributed by atoms with Gasteiger partial charge >= 0.3 is 12.1 Å². The van der Waals surface area contributed by atoms with Crippen molar-refractivity contribution < 1.29 is 14.3 Å². The highest BCUT2D eigenvalue weighted by atomic mass is 35.5. The van der Waals surface area contributed by atoms with Crippen LogP contribution in [-0.4, -0.2) is 58.8 Å². The molecule has 1 aromatic heterocycles. The third-order valence-corrected chi connectivity index (χ3v) is 5.35. The number of hydrogen-bond donors (Lipinski definition) is 2. The number of carbonyl (C=O) groups excluding carboxylic acids is 2. The van der Waals surface area contributed by atoms with E-state index in [9.17, 15) is 9.59 Å². The number of nitrogens with zero attached hydrogens (tertiary/aromatic N) is 4. The number of hydrogen-bond acceptors (Lipinski definition) is 6. The largest absolute Gasteiger partial charge is 0.444 e. The van der Waals surface area contributed by atoms with Gasteiger partial charge < -0.3 is 25.2 Å². The lowest BCUT2D eigenvalue weighted by Gasteiger charge is -2.35. The van der Waals surface area contributed by atoms with Crippen molar-refractivity contribution in [2.75, 3.05) is 36.4 Å². The summed E-state index contributed by atoms with van der Waals surface area (Å²) in [5.41, 5.74) is 0.960. The molecule has 1 saturated heterocycles. The van der Waals surface area contributed by atoms with Gasteiger partial charge in [0.05, 0.1) is 24.1 Å². The normalized spacial score (nSPS) is 15.1. The molecule has 0 aliphatic carbocycles. The van der Waals surface area contributed by atoms with Crippen LogP contribution in [0.5, 0.6) is 0 Å². The van der Waals surface area contributed by atoms with Crippen LogP contribution < -0.4 is 15.5 Å². The molecule has 2 heterocycles. The first-order valence-corrected chi connectivity index (χ1v) is 11.4. The van der Waals surface area contributed by atoms with E-state index in [0.29, 0.717) is 42.8 Å². The predicted octanol–water partition coefficient (Wildman–Crippen LogP) is 4.46. The summed E-state index contributed by atoms with van der Waals surface area (Å²) in [5, 5.41) is 6.38. The lowest BCUT2D eigenvalue weighted by Crippen LogP contribution is -2.50. The Balaban J connectivity index is 1.50. The average Bonchev–Trinajstić information content (AvgIpc) is 2.77. The minimum atomic E-state index is -0.515. The fraction of sp³-hybridized carbons (Fsp3) is 0.478. The first-order valence-electron chi connectivity index (χ1n) is 11.0. The Kier molecular flexibility index (Phi) is 7.97. The van der Waals surface area contributed by atoms with Crippen molar-refractivity contribution in [3.63, 3.8) is 0 Å². The third-order valence-electron chi connectivity index (χ3n) is 5.10. The maximum atomic E-state index is 12.4. The summed E-state index contributed by atoms with van der Waals surface area (Å²) >= 11 is 5.95. The van der Waals surface area contributed by atoms with Gasteiger partial charge in [0.2, 0.25) is 5.95 Å². The maximum absolute atomic E-state index is 12.4. The smallest absolute Gasteiger partial charge is 0.410 e. The van der Waals surface area contributed by atoms with Gasteiger partial charge in [0.25, 0.3) is 0 Å². The Morgan fingerprint density at radius 1 is 1.09 bits per heavy atom. The fourth-order valence-electron chi connectivity index (χ4n) is 3.41. The van der Waals surface area contributed by atoms with Crippen LogP contribution in [0.1, 0.15) is 45.7 Å². The Morgan fingerprint density at radius 3 is 2.24 bits per heavy atom. The van der Waals surface area contributed by atoms with Crippen molar-refractivity contribution in [2.24, 2.45) is 0 Å². The van der Waals surface area contributed by atoms with Crippen LogP contribution in [0.15, 0.2) is 36.7 Å². The lowest BCUT2D eigenvalue weighted by atomic mass is 10.1. The van der Waals surface area contributed by atoms with Crippen molar-refractivity contribution in [1.82, 2.24) is 20.2 Å². The molecule has 0 spiro atoms. The van der Waals surface area contributed by atoms with Gasteiger partial charge in [-0.3, -0.25) is 0 Å². The Bertz CT molecular complexity index is 938. The van der Waals surface area contributed by atoms with Gasteiger partial charge in [0.15, 0.2) is 0 Å². The monoisotopic (exact) mass is 474 g/mol. The summed E-state index contributed by atoms with van der Waals surface area (Å²) < 4.78 is 5.42. The van der Waals surface area contributed by atoms with E-state index in [-0.39, 0.29) is 18.2 Å². The van der Waals surface area contributed by atoms with Crippen LogP contribution in [0.2, 0.25) is 5.02 Å². The average molecular weight is 475 g/mol. The molecule has 2 N–H and O–H groups in total. The summed E-state index contributed by atoms with van der Waals surface area (Å²) in [5.74, 6) is 0.553. The number of aromatic nitrogens is 2. The number of urea groups is 1. The summed E-state index contributed by atoms with van der Waals surface area (Å²) in [6, 6.07) is 6.94. The van der Waals surface area contributed by atoms with E-state index in [2.05, 4.69) is 20.6 Å². The standard InChI is InChI=1S/C23H31ClN6O3/c1-5-19(16-6-8-17(24)9-7-16)28-21(31)27-18-14-25-20(26-15-18)29-10-12-30(13-11-29)22(32)33-23(2,3)4/h6-9,14-15,19H,5,10-13H2,1-4H3,(H2,27,28,31). The molecule has 10 heteroatoms. The van der Waals surface area contributed by atoms with E-state index in [0.717, 1.165) is 12.0 Å². The van der Waals surface area contributed by atoms with Gasteiger partial charge in [-0.1, -0.05) is 30.7 Å². The molecule has 1 aliphatic rings. The Hall–Kier alpha value is -3.07. The van der Waals surface area contributed by atoms with Crippen molar-refractivity contribution in [1.29, 1.82) is 0 Å². The van der Waals surface area contributed by atoms with Crippen LogP contribution in [0.4, 0.5) is 21.2 Å². The number of nitrogens with one attached hydrogen (secondary N) is 2. The van der Waals surface area contributed by atoms with E-state index in [1.807, 2.05) is 44.7 Å². The number of benzene rings is 1. The third kappa shape index (κ3) is 7.21. The second-order valence-electron chi connectivity index (χ2n) is 8.84. The molecule has 0 bridgehead atoms. The van der Waals surface area contributed by atoms with E-state index in [1.54, 1.807) is 29.4 Å².